The number of sulfonamides is 1. The van der Waals surface area contributed by atoms with Crippen LogP contribution in [0.5, 0.6) is 23.0 Å². The molecule has 0 saturated carbocycles. The first-order valence-electron chi connectivity index (χ1n) is 15.9. The van der Waals surface area contributed by atoms with Gasteiger partial charge in [0.05, 0.1) is 49.1 Å². The Labute approximate surface area is 309 Å². The lowest BCUT2D eigenvalue weighted by Gasteiger charge is -2.34. The van der Waals surface area contributed by atoms with Crippen molar-refractivity contribution in [2.45, 2.75) is 43.8 Å². The number of hydrogen-bond acceptors (Lipinski definition) is 8. The normalized spacial score (nSPS) is 11.8. The minimum atomic E-state index is -4.53. The quantitative estimate of drug-likeness (QED) is 0.140. The molecule has 51 heavy (non-hydrogen) atoms. The van der Waals surface area contributed by atoms with E-state index in [1.54, 1.807) is 24.3 Å². The number of anilines is 1. The number of rotatable bonds is 16. The van der Waals surface area contributed by atoms with Crippen LogP contribution in [0, 0.1) is 0 Å². The Morgan fingerprint density at radius 2 is 1.41 bits per heavy atom. The number of benzene rings is 4. The van der Waals surface area contributed by atoms with Gasteiger partial charge >= 0.3 is 0 Å². The van der Waals surface area contributed by atoms with Crippen LogP contribution in [0.3, 0.4) is 0 Å². The molecule has 1 N–H and O–H groups in total. The molecule has 2 amide bonds. The highest BCUT2D eigenvalue weighted by atomic mass is 35.5. The molecule has 14 heteroatoms. The molecule has 11 nitrogen and oxygen atoms in total. The maximum absolute atomic E-state index is 14.8. The molecular weight excluding hydrogens is 717 g/mol. The lowest BCUT2D eigenvalue weighted by molar-refractivity contribution is -0.140. The van der Waals surface area contributed by atoms with Crippen molar-refractivity contribution in [2.24, 2.45) is 0 Å². The number of halogens is 2. The number of nitrogens with one attached hydrogen (secondary N) is 1. The summed E-state index contributed by atoms with van der Waals surface area (Å²) in [5.74, 6) is -0.160. The van der Waals surface area contributed by atoms with Crippen LogP contribution in [0.1, 0.15) is 25.0 Å². The van der Waals surface area contributed by atoms with Gasteiger partial charge in [-0.25, -0.2) is 8.42 Å². The zero-order valence-electron chi connectivity index (χ0n) is 29.2. The molecular formula is C37H41Cl2N3O8S. The highest BCUT2D eigenvalue weighted by Gasteiger charge is 2.36. The Balaban J connectivity index is 1.91. The second-order valence-electron chi connectivity index (χ2n) is 11.7. The number of methoxy groups -OCH3 is 4. The standard InChI is InChI=1S/C37H41Cl2N3O8S/c1-24(2)40-37(44)32(19-25-10-8-7-9-11-25)41(22-26-12-15-29(38)30(39)18-26)36(43)23-42(31-20-27(47-3)13-16-33(31)48-4)51(45,46)28-14-17-34(49-5)35(21-28)50-6/h7-18,20-21,24,32H,19,22-23H2,1-6H3,(H,40,44). The first kappa shape index (κ1) is 39.1. The summed E-state index contributed by atoms with van der Waals surface area (Å²) >= 11 is 12.6. The van der Waals surface area contributed by atoms with Crippen LogP contribution in [0.25, 0.3) is 0 Å². The number of amides is 2. The molecule has 0 bridgehead atoms. The zero-order chi connectivity index (χ0) is 37.3. The van der Waals surface area contributed by atoms with Gasteiger partial charge in [-0.05, 0) is 61.4 Å². The first-order chi connectivity index (χ1) is 24.3. The van der Waals surface area contributed by atoms with Crippen molar-refractivity contribution in [3.63, 3.8) is 0 Å². The van der Waals surface area contributed by atoms with Crippen LogP contribution in [0.4, 0.5) is 5.69 Å². The van der Waals surface area contributed by atoms with Gasteiger partial charge in [-0.1, -0.05) is 59.6 Å². The summed E-state index contributed by atoms with van der Waals surface area (Å²) in [5, 5.41) is 3.50. The van der Waals surface area contributed by atoms with Gasteiger partial charge in [-0.15, -0.1) is 0 Å². The second-order valence-corrected chi connectivity index (χ2v) is 14.4. The van der Waals surface area contributed by atoms with Crippen LogP contribution in [-0.2, 0) is 32.6 Å². The summed E-state index contributed by atoms with van der Waals surface area (Å²) in [6, 6.07) is 21.5. The molecule has 0 aromatic heterocycles. The summed E-state index contributed by atoms with van der Waals surface area (Å²) in [7, 11) is 1.11. The maximum atomic E-state index is 14.8. The Bertz CT molecular complexity index is 1940. The molecule has 4 aromatic carbocycles. The van der Waals surface area contributed by atoms with Gasteiger partial charge in [-0.2, -0.15) is 0 Å². The molecule has 0 radical (unpaired) electrons. The van der Waals surface area contributed by atoms with Crippen LogP contribution in [0.2, 0.25) is 10.0 Å². The van der Waals surface area contributed by atoms with Crippen LogP contribution in [0.15, 0.2) is 89.8 Å². The smallest absolute Gasteiger partial charge is 0.265 e. The molecule has 0 heterocycles. The monoisotopic (exact) mass is 757 g/mol. The molecule has 4 rings (SSSR count). The number of nitrogens with zero attached hydrogens (tertiary/aromatic N) is 2. The van der Waals surface area contributed by atoms with E-state index in [1.165, 1.54) is 63.7 Å². The lowest BCUT2D eigenvalue weighted by Crippen LogP contribution is -2.54. The minimum Gasteiger partial charge on any atom is -0.497 e. The topological polar surface area (TPSA) is 124 Å². The van der Waals surface area contributed by atoms with E-state index in [9.17, 15) is 18.0 Å². The van der Waals surface area contributed by atoms with Crippen LogP contribution in [-0.4, -0.2) is 72.2 Å². The summed E-state index contributed by atoms with van der Waals surface area (Å²) in [4.78, 5) is 30.0. The molecule has 272 valence electrons. The van der Waals surface area contributed by atoms with E-state index in [-0.39, 0.29) is 46.1 Å². The van der Waals surface area contributed by atoms with E-state index < -0.39 is 34.4 Å². The van der Waals surface area contributed by atoms with Gasteiger partial charge in [0.25, 0.3) is 10.0 Å². The Morgan fingerprint density at radius 1 is 0.745 bits per heavy atom. The zero-order valence-corrected chi connectivity index (χ0v) is 31.5. The molecule has 1 atom stereocenters. The molecule has 0 aliphatic heterocycles. The summed E-state index contributed by atoms with van der Waals surface area (Å²) in [5.41, 5.74) is 1.39. The third-order valence-corrected chi connectivity index (χ3v) is 10.4. The summed E-state index contributed by atoms with van der Waals surface area (Å²) < 4.78 is 52.0. The average molecular weight is 759 g/mol. The van der Waals surface area contributed by atoms with Crippen molar-refractivity contribution >= 4 is 50.7 Å². The van der Waals surface area contributed by atoms with Crippen molar-refractivity contribution < 1.29 is 37.0 Å². The van der Waals surface area contributed by atoms with E-state index >= 15 is 0 Å². The summed E-state index contributed by atoms with van der Waals surface area (Å²) in [6.45, 7) is 2.80. The van der Waals surface area contributed by atoms with E-state index in [0.717, 1.165) is 9.87 Å². The Kier molecular flexibility index (Phi) is 13.4. The van der Waals surface area contributed by atoms with E-state index in [2.05, 4.69) is 5.32 Å². The van der Waals surface area contributed by atoms with Crippen molar-refractivity contribution in [1.29, 1.82) is 0 Å². The fourth-order valence-corrected chi connectivity index (χ4v) is 7.13. The SMILES string of the molecule is COc1ccc(OC)c(N(CC(=O)N(Cc2ccc(Cl)c(Cl)c2)C(Cc2ccccc2)C(=O)NC(C)C)S(=O)(=O)c2ccc(OC)c(OC)c2)c1. The Hall–Kier alpha value is -4.65. The van der Waals surface area contributed by atoms with Gasteiger partial charge in [0.1, 0.15) is 24.1 Å². The fraction of sp³-hybridized carbons (Fsp3) is 0.297. The molecule has 4 aromatic rings. The second kappa shape index (κ2) is 17.5. The predicted octanol–water partition coefficient (Wildman–Crippen LogP) is 6.39. The van der Waals surface area contributed by atoms with Crippen molar-refractivity contribution in [2.75, 3.05) is 39.3 Å². The van der Waals surface area contributed by atoms with Gasteiger partial charge in [-0.3, -0.25) is 13.9 Å². The van der Waals surface area contributed by atoms with Crippen molar-refractivity contribution in [3.8, 4) is 23.0 Å². The van der Waals surface area contributed by atoms with Crippen LogP contribution >= 0.6 is 23.2 Å². The largest absolute Gasteiger partial charge is 0.497 e. The maximum Gasteiger partial charge on any atom is 0.265 e. The molecule has 0 saturated heterocycles. The lowest BCUT2D eigenvalue weighted by atomic mass is 10.0. The van der Waals surface area contributed by atoms with Crippen molar-refractivity contribution in [1.82, 2.24) is 10.2 Å². The number of carbonyl (C=O) groups excluding carboxylic acids is 2. The van der Waals surface area contributed by atoms with E-state index in [4.69, 9.17) is 42.1 Å². The third kappa shape index (κ3) is 9.57. The molecule has 0 aliphatic carbocycles. The highest BCUT2D eigenvalue weighted by molar-refractivity contribution is 7.92. The van der Waals surface area contributed by atoms with E-state index in [0.29, 0.717) is 22.1 Å². The fourth-order valence-electron chi connectivity index (χ4n) is 5.38. The molecule has 0 fully saturated rings. The van der Waals surface area contributed by atoms with Gasteiger partial charge < -0.3 is 29.2 Å². The molecule has 0 spiro atoms. The highest BCUT2D eigenvalue weighted by Crippen LogP contribution is 2.38. The van der Waals surface area contributed by atoms with Gasteiger partial charge in [0, 0.05) is 31.1 Å². The number of carbonyl (C=O) groups is 2. The molecule has 1 unspecified atom stereocenters. The van der Waals surface area contributed by atoms with Crippen LogP contribution < -0.4 is 28.6 Å². The number of ether oxygens (including phenoxy) is 4. The van der Waals surface area contributed by atoms with Crippen molar-refractivity contribution in [3.05, 3.63) is 106 Å². The molecule has 0 aliphatic rings. The van der Waals surface area contributed by atoms with E-state index in [1.807, 2.05) is 44.2 Å². The van der Waals surface area contributed by atoms with Gasteiger partial charge in [0.2, 0.25) is 11.8 Å². The summed E-state index contributed by atoms with van der Waals surface area (Å²) in [6.07, 6.45) is 0.136. The Morgan fingerprint density at radius 3 is 2.02 bits per heavy atom. The minimum absolute atomic E-state index is 0.0284. The number of hydrogen-bond donors (Lipinski definition) is 1. The average Bonchev–Trinajstić information content (AvgIpc) is 3.12. The third-order valence-electron chi connectivity index (χ3n) is 7.92. The first-order valence-corrected chi connectivity index (χ1v) is 18.1. The van der Waals surface area contributed by atoms with Gasteiger partial charge in [0.15, 0.2) is 11.5 Å². The predicted molar refractivity (Wildman–Crippen MR) is 198 cm³/mol.